The molecule has 1 atom stereocenters. The van der Waals surface area contributed by atoms with Gasteiger partial charge in [-0.05, 0) is 12.1 Å². The quantitative estimate of drug-likeness (QED) is 0.313. The second kappa shape index (κ2) is 7.59. The molecular weight excluding hydrogens is 386 g/mol. The number of hydrogen-bond donors (Lipinski definition) is 2. The smallest absolute Gasteiger partial charge is 0.349 e. The molecule has 0 saturated carbocycles. The Morgan fingerprint density at radius 3 is 2.78 bits per heavy atom. The second-order valence-corrected chi connectivity index (χ2v) is 6.68. The number of fused-ring (bicyclic) bond motifs is 3. The number of para-hydroxylation sites is 1. The van der Waals surface area contributed by atoms with E-state index in [0.717, 1.165) is 21.7 Å². The van der Waals surface area contributed by atoms with Crippen molar-refractivity contribution in [2.45, 2.75) is 6.54 Å². The summed E-state index contributed by atoms with van der Waals surface area (Å²) >= 11 is 1.45. The molecule has 2 N–H and O–H groups in total. The first-order chi connectivity index (χ1) is 12.6. The van der Waals surface area contributed by atoms with Crippen LogP contribution in [0.3, 0.4) is 0 Å². The van der Waals surface area contributed by atoms with Crippen LogP contribution < -0.4 is 15.2 Å². The van der Waals surface area contributed by atoms with Crippen LogP contribution in [-0.2, 0) is 6.54 Å². The Bertz CT molecular complexity index is 1200. The summed E-state index contributed by atoms with van der Waals surface area (Å²) in [5.41, 5.74) is 2.60. The summed E-state index contributed by atoms with van der Waals surface area (Å²) in [5, 5.41) is 22.2. The van der Waals surface area contributed by atoms with Gasteiger partial charge in [0.25, 0.3) is 0 Å². The number of quaternary nitrogens is 1. The number of allylic oxidation sites excluding steroid dienone is 1. The highest BCUT2D eigenvalue weighted by Crippen LogP contribution is 2.24. The summed E-state index contributed by atoms with van der Waals surface area (Å²) in [4.78, 5) is 13.6. The third kappa shape index (κ3) is 3.16. The minimum absolute atomic E-state index is 0. The van der Waals surface area contributed by atoms with Crippen LogP contribution in [0.2, 0.25) is 0 Å². The van der Waals surface area contributed by atoms with Crippen LogP contribution in [0.1, 0.15) is 0 Å². The van der Waals surface area contributed by atoms with Crippen LogP contribution in [0.5, 0.6) is 0 Å². The van der Waals surface area contributed by atoms with Gasteiger partial charge in [0, 0.05) is 23.1 Å². The third-order valence-corrected chi connectivity index (χ3v) is 5.23. The number of nitrogens with one attached hydrogen (secondary N) is 1. The van der Waals surface area contributed by atoms with Gasteiger partial charge in [-0.15, -0.1) is 12.4 Å². The number of thiazole rings is 1. The van der Waals surface area contributed by atoms with E-state index < -0.39 is 5.23 Å². The van der Waals surface area contributed by atoms with Crippen LogP contribution in [0.4, 0.5) is 5.69 Å². The Morgan fingerprint density at radius 2 is 2.04 bits per heavy atom. The van der Waals surface area contributed by atoms with Crippen molar-refractivity contribution in [3.8, 4) is 11.3 Å². The van der Waals surface area contributed by atoms with Crippen molar-refractivity contribution in [3.63, 3.8) is 0 Å². The Hall–Kier alpha value is -2.55. The molecule has 0 bridgehead atoms. The summed E-state index contributed by atoms with van der Waals surface area (Å²) in [6.07, 6.45) is 1.70. The van der Waals surface area contributed by atoms with Gasteiger partial charge < -0.3 is 5.21 Å². The van der Waals surface area contributed by atoms with Crippen molar-refractivity contribution in [3.05, 3.63) is 82.1 Å². The molecule has 27 heavy (non-hydrogen) atoms. The second-order valence-electron chi connectivity index (χ2n) is 5.85. The Morgan fingerprint density at radius 1 is 1.26 bits per heavy atom. The van der Waals surface area contributed by atoms with Crippen LogP contribution in [0.15, 0.2) is 71.4 Å². The highest BCUT2D eigenvalue weighted by Gasteiger charge is 2.23. The molecule has 0 aliphatic heterocycles. The Balaban J connectivity index is 0.00000210. The molecule has 8 heteroatoms. The lowest BCUT2D eigenvalue weighted by Gasteiger charge is -2.11. The third-order valence-electron chi connectivity index (χ3n) is 4.28. The van der Waals surface area contributed by atoms with Crippen LogP contribution >= 0.6 is 23.7 Å². The van der Waals surface area contributed by atoms with Crippen molar-refractivity contribution < 1.29 is 14.8 Å². The molecule has 6 nitrogen and oxygen atoms in total. The largest absolute Gasteiger partial charge is 0.595 e. The van der Waals surface area contributed by atoms with E-state index in [1.54, 1.807) is 34.9 Å². The van der Waals surface area contributed by atoms with E-state index in [1.165, 1.54) is 11.3 Å². The lowest BCUT2D eigenvalue weighted by Crippen LogP contribution is -2.99. The maximum Gasteiger partial charge on any atom is 0.349 e. The Kier molecular flexibility index (Phi) is 5.41. The van der Waals surface area contributed by atoms with E-state index in [9.17, 15) is 15.2 Å². The molecular formula is C19H17ClN3O3S+. The topological polar surface area (TPSA) is 73.8 Å². The molecule has 4 rings (SSSR count). The molecule has 2 aromatic heterocycles. The van der Waals surface area contributed by atoms with E-state index in [4.69, 9.17) is 0 Å². The fourth-order valence-corrected chi connectivity index (χ4v) is 4.16. The van der Waals surface area contributed by atoms with Gasteiger partial charge in [-0.2, -0.15) is 14.2 Å². The number of aromatic nitrogens is 2. The van der Waals surface area contributed by atoms with E-state index in [2.05, 4.69) is 6.58 Å². The molecule has 1 unspecified atom stereocenters. The summed E-state index contributed by atoms with van der Waals surface area (Å²) < 4.78 is 3.69. The molecule has 0 aliphatic rings. The van der Waals surface area contributed by atoms with Crippen LogP contribution in [0.25, 0.3) is 27.1 Å². The van der Waals surface area contributed by atoms with Gasteiger partial charge in [0.2, 0.25) is 0 Å². The monoisotopic (exact) mass is 402 g/mol. The van der Waals surface area contributed by atoms with E-state index in [0.29, 0.717) is 11.9 Å². The molecule has 2 aromatic carbocycles. The molecule has 0 spiro atoms. The molecule has 138 valence electrons. The van der Waals surface area contributed by atoms with E-state index in [-0.39, 0.29) is 23.7 Å². The van der Waals surface area contributed by atoms with Gasteiger partial charge >= 0.3 is 10.5 Å². The summed E-state index contributed by atoms with van der Waals surface area (Å²) in [7, 11) is 0. The molecule has 0 fully saturated rings. The van der Waals surface area contributed by atoms with Crippen molar-refractivity contribution in [1.29, 1.82) is 0 Å². The number of rotatable bonds is 4. The van der Waals surface area contributed by atoms with Crippen molar-refractivity contribution in [1.82, 2.24) is 4.57 Å². The molecule has 0 radical (unpaired) electrons. The van der Waals surface area contributed by atoms with Gasteiger partial charge in [0.15, 0.2) is 11.4 Å². The minimum Gasteiger partial charge on any atom is -0.595 e. The fraction of sp³-hybridized carbons (Fsp3) is 0.0526. The molecule has 0 amide bonds. The number of hydrogen-bond acceptors (Lipinski definition) is 4. The standard InChI is InChI=1S/C19H16N3O3S.ClH/c1-2-10-20-18(23)15-8-3-4-9-16(15)21-17(12-26-19(20)21)13-6-5-7-14(11-13)22(24)25;/h2-9,11-12,22,24H,1,10H2;1H/q+1;. The van der Waals surface area contributed by atoms with Crippen molar-refractivity contribution in [2.75, 3.05) is 0 Å². The average molecular weight is 403 g/mol. The first kappa shape index (κ1) is 19.2. The lowest BCUT2D eigenvalue weighted by molar-refractivity contribution is -0.991. The van der Waals surface area contributed by atoms with E-state index in [1.807, 2.05) is 34.0 Å². The fourth-order valence-electron chi connectivity index (χ4n) is 3.11. The van der Waals surface area contributed by atoms with Gasteiger partial charge in [0.1, 0.15) is 17.4 Å². The lowest BCUT2D eigenvalue weighted by atomic mass is 10.1. The maximum absolute atomic E-state index is 12.9. The molecule has 2 heterocycles. The first-order valence-electron chi connectivity index (χ1n) is 8.01. The van der Waals surface area contributed by atoms with Crippen LogP contribution in [-0.4, -0.2) is 9.77 Å². The highest BCUT2D eigenvalue weighted by atomic mass is 35.5. The summed E-state index contributed by atoms with van der Waals surface area (Å²) in [6.45, 7) is 4.16. The SMILES string of the molecule is C=CCn1c(=O)c2ccccc2[n+]2c(-c3cccc([NH+]([O-])O)c3)csc12.Cl. The van der Waals surface area contributed by atoms with Gasteiger partial charge in [-0.1, -0.05) is 48.3 Å². The maximum atomic E-state index is 12.9. The zero-order valence-electron chi connectivity index (χ0n) is 14.2. The zero-order chi connectivity index (χ0) is 18.3. The number of benzene rings is 2. The van der Waals surface area contributed by atoms with Gasteiger partial charge in [-0.25, -0.2) is 10.0 Å². The predicted octanol–water partition coefficient (Wildman–Crippen LogP) is 2.48. The molecule has 0 saturated heterocycles. The van der Waals surface area contributed by atoms with Crippen molar-refractivity contribution in [2.24, 2.45) is 0 Å². The Labute approximate surface area is 164 Å². The number of nitrogens with zero attached hydrogens (tertiary/aromatic N) is 2. The highest BCUT2D eigenvalue weighted by molar-refractivity contribution is 7.15. The van der Waals surface area contributed by atoms with Gasteiger partial charge in [0.05, 0.1) is 0 Å². The van der Waals surface area contributed by atoms with Gasteiger partial charge in [-0.3, -0.25) is 0 Å². The summed E-state index contributed by atoms with van der Waals surface area (Å²) in [5.74, 6) is 0. The van der Waals surface area contributed by atoms with Crippen LogP contribution in [0, 0.1) is 5.21 Å². The molecule has 4 aromatic rings. The normalized spacial score (nSPS) is 12.1. The van der Waals surface area contributed by atoms with Crippen molar-refractivity contribution >= 4 is 45.3 Å². The summed E-state index contributed by atoms with van der Waals surface area (Å²) in [6, 6.07) is 14.2. The predicted molar refractivity (Wildman–Crippen MR) is 108 cm³/mol. The molecule has 0 aliphatic carbocycles. The minimum atomic E-state index is -0.968. The average Bonchev–Trinajstić information content (AvgIpc) is 3.10. The zero-order valence-corrected chi connectivity index (χ0v) is 15.8. The first-order valence-corrected chi connectivity index (χ1v) is 8.89. The van der Waals surface area contributed by atoms with E-state index >= 15 is 0 Å². The number of halogens is 1.